The van der Waals surface area contributed by atoms with E-state index in [2.05, 4.69) is 15.3 Å². The van der Waals surface area contributed by atoms with Gasteiger partial charge in [0.05, 0.1) is 12.6 Å². The maximum Gasteiger partial charge on any atom is 0.316 e. The summed E-state index contributed by atoms with van der Waals surface area (Å²) in [4.78, 5) is 20.5. The fourth-order valence-corrected chi connectivity index (χ4v) is 2.65. The third-order valence-electron chi connectivity index (χ3n) is 4.12. The van der Waals surface area contributed by atoms with E-state index in [0.29, 0.717) is 12.1 Å². The Hall–Kier alpha value is -3.41. The summed E-state index contributed by atoms with van der Waals surface area (Å²) in [6, 6.07) is 15.5. The molecule has 0 atom stereocenters. The Balaban J connectivity index is 1.46. The molecule has 29 heavy (non-hydrogen) atoms. The third kappa shape index (κ3) is 6.04. The second-order valence-electron chi connectivity index (χ2n) is 6.92. The summed E-state index contributed by atoms with van der Waals surface area (Å²) in [5.41, 5.74) is 3.63. The Morgan fingerprint density at radius 1 is 0.966 bits per heavy atom. The second kappa shape index (κ2) is 9.68. The zero-order valence-corrected chi connectivity index (χ0v) is 16.9. The number of hydrogen-bond donors (Lipinski definition) is 1. The third-order valence-corrected chi connectivity index (χ3v) is 4.12. The molecule has 0 aliphatic rings. The lowest BCUT2D eigenvalue weighted by atomic mass is 10.1. The standard InChI is InChI=1S/C23H25N3O3/c1-16(2)29-21-10-8-18(9-11-21)20-14-25-23(26-15-20)28-13-12-24-22(27)19-6-4-17(3)5-7-19/h4-11,14-16H,12-13H2,1-3H3,(H,24,27). The minimum Gasteiger partial charge on any atom is -0.491 e. The molecular formula is C23H25N3O3. The van der Waals surface area contributed by atoms with Crippen molar-refractivity contribution < 1.29 is 14.3 Å². The number of aryl methyl sites for hydroxylation is 1. The summed E-state index contributed by atoms with van der Waals surface area (Å²) < 4.78 is 11.2. The number of amides is 1. The Kier molecular flexibility index (Phi) is 6.79. The van der Waals surface area contributed by atoms with Crippen LogP contribution >= 0.6 is 0 Å². The van der Waals surface area contributed by atoms with Crippen LogP contribution < -0.4 is 14.8 Å². The van der Waals surface area contributed by atoms with Crippen LogP contribution in [0, 0.1) is 6.92 Å². The van der Waals surface area contributed by atoms with Gasteiger partial charge in [-0.15, -0.1) is 0 Å². The molecule has 1 heterocycles. The fourth-order valence-electron chi connectivity index (χ4n) is 2.65. The Morgan fingerprint density at radius 2 is 1.62 bits per heavy atom. The van der Waals surface area contributed by atoms with Crippen molar-refractivity contribution in [2.24, 2.45) is 0 Å². The second-order valence-corrected chi connectivity index (χ2v) is 6.92. The van der Waals surface area contributed by atoms with Crippen LogP contribution in [-0.4, -0.2) is 35.1 Å². The van der Waals surface area contributed by atoms with Gasteiger partial charge in [0.15, 0.2) is 0 Å². The van der Waals surface area contributed by atoms with Gasteiger partial charge in [0.25, 0.3) is 5.91 Å². The highest BCUT2D eigenvalue weighted by Gasteiger charge is 2.06. The molecule has 1 aromatic heterocycles. The minimum absolute atomic E-state index is 0.130. The van der Waals surface area contributed by atoms with Gasteiger partial charge in [-0.05, 0) is 50.6 Å². The molecule has 0 spiro atoms. The van der Waals surface area contributed by atoms with E-state index in [0.717, 1.165) is 22.4 Å². The number of aromatic nitrogens is 2. The Morgan fingerprint density at radius 3 is 2.24 bits per heavy atom. The van der Waals surface area contributed by atoms with Crippen LogP contribution in [0.4, 0.5) is 0 Å². The molecule has 3 rings (SSSR count). The lowest BCUT2D eigenvalue weighted by molar-refractivity contribution is 0.0946. The molecule has 0 saturated carbocycles. The van der Waals surface area contributed by atoms with Crippen LogP contribution in [0.3, 0.4) is 0 Å². The van der Waals surface area contributed by atoms with Crippen molar-refractivity contribution in [2.45, 2.75) is 26.9 Å². The molecule has 2 aromatic carbocycles. The summed E-state index contributed by atoms with van der Waals surface area (Å²) in [7, 11) is 0. The van der Waals surface area contributed by atoms with Gasteiger partial charge in [-0.1, -0.05) is 29.8 Å². The van der Waals surface area contributed by atoms with Crippen molar-refractivity contribution in [3.8, 4) is 22.9 Å². The lowest BCUT2D eigenvalue weighted by Crippen LogP contribution is -2.28. The number of ether oxygens (including phenoxy) is 2. The molecule has 1 amide bonds. The maximum atomic E-state index is 12.0. The number of benzene rings is 2. The van der Waals surface area contributed by atoms with Gasteiger partial charge in [0.1, 0.15) is 12.4 Å². The number of hydrogen-bond acceptors (Lipinski definition) is 5. The SMILES string of the molecule is Cc1ccc(C(=O)NCCOc2ncc(-c3ccc(OC(C)C)cc3)cn2)cc1. The van der Waals surface area contributed by atoms with E-state index >= 15 is 0 Å². The lowest BCUT2D eigenvalue weighted by Gasteiger charge is -2.10. The van der Waals surface area contributed by atoms with Crippen molar-refractivity contribution in [2.75, 3.05) is 13.2 Å². The molecule has 1 N–H and O–H groups in total. The van der Waals surface area contributed by atoms with Crippen LogP contribution in [0.1, 0.15) is 29.8 Å². The summed E-state index contributed by atoms with van der Waals surface area (Å²) in [5, 5.41) is 2.81. The number of carbonyl (C=O) groups excluding carboxylic acids is 1. The van der Waals surface area contributed by atoms with Crippen molar-refractivity contribution in [1.29, 1.82) is 0 Å². The van der Waals surface area contributed by atoms with Gasteiger partial charge in [-0.25, -0.2) is 9.97 Å². The summed E-state index contributed by atoms with van der Waals surface area (Å²) in [6.45, 7) is 6.63. The first-order valence-corrected chi connectivity index (χ1v) is 9.58. The van der Waals surface area contributed by atoms with Gasteiger partial charge < -0.3 is 14.8 Å². The largest absolute Gasteiger partial charge is 0.491 e. The quantitative estimate of drug-likeness (QED) is 0.587. The predicted molar refractivity (Wildman–Crippen MR) is 112 cm³/mol. The van der Waals surface area contributed by atoms with Crippen LogP contribution in [0.25, 0.3) is 11.1 Å². The van der Waals surface area contributed by atoms with Gasteiger partial charge in [-0.2, -0.15) is 0 Å². The molecule has 3 aromatic rings. The summed E-state index contributed by atoms with van der Waals surface area (Å²) in [6.07, 6.45) is 3.57. The van der Waals surface area contributed by atoms with Gasteiger partial charge in [-0.3, -0.25) is 4.79 Å². The van der Waals surface area contributed by atoms with Crippen LogP contribution in [0.5, 0.6) is 11.8 Å². The normalized spacial score (nSPS) is 10.6. The monoisotopic (exact) mass is 391 g/mol. The molecule has 6 nitrogen and oxygen atoms in total. The Labute approximate surface area is 170 Å². The smallest absolute Gasteiger partial charge is 0.316 e. The molecule has 0 saturated heterocycles. The van der Waals surface area contributed by atoms with E-state index in [1.165, 1.54) is 0 Å². The number of rotatable bonds is 8. The van der Waals surface area contributed by atoms with Crippen molar-refractivity contribution in [3.63, 3.8) is 0 Å². The molecule has 6 heteroatoms. The molecule has 0 aliphatic heterocycles. The predicted octanol–water partition coefficient (Wildman–Crippen LogP) is 4.05. The van der Waals surface area contributed by atoms with E-state index < -0.39 is 0 Å². The maximum absolute atomic E-state index is 12.0. The molecule has 0 radical (unpaired) electrons. The van der Waals surface area contributed by atoms with E-state index in [9.17, 15) is 4.79 Å². The fraction of sp³-hybridized carbons (Fsp3) is 0.261. The first kappa shape index (κ1) is 20.3. The van der Waals surface area contributed by atoms with E-state index in [-0.39, 0.29) is 24.6 Å². The highest BCUT2D eigenvalue weighted by atomic mass is 16.5. The highest BCUT2D eigenvalue weighted by Crippen LogP contribution is 2.22. The van der Waals surface area contributed by atoms with Gasteiger partial charge in [0.2, 0.25) is 0 Å². The van der Waals surface area contributed by atoms with Gasteiger partial charge in [0, 0.05) is 23.5 Å². The van der Waals surface area contributed by atoms with Crippen LogP contribution in [0.2, 0.25) is 0 Å². The molecule has 0 aliphatic carbocycles. The number of carbonyl (C=O) groups is 1. The zero-order valence-electron chi connectivity index (χ0n) is 16.9. The van der Waals surface area contributed by atoms with Gasteiger partial charge >= 0.3 is 6.01 Å². The minimum atomic E-state index is -0.130. The van der Waals surface area contributed by atoms with Crippen LogP contribution in [0.15, 0.2) is 60.9 Å². The molecule has 150 valence electrons. The first-order valence-electron chi connectivity index (χ1n) is 9.58. The number of nitrogens with zero attached hydrogens (tertiary/aromatic N) is 2. The first-order chi connectivity index (χ1) is 14.0. The summed E-state index contributed by atoms with van der Waals surface area (Å²) in [5.74, 6) is 0.701. The topological polar surface area (TPSA) is 73.3 Å². The molecular weight excluding hydrogens is 366 g/mol. The van der Waals surface area contributed by atoms with E-state index in [1.54, 1.807) is 24.5 Å². The van der Waals surface area contributed by atoms with Crippen molar-refractivity contribution in [1.82, 2.24) is 15.3 Å². The summed E-state index contributed by atoms with van der Waals surface area (Å²) >= 11 is 0. The highest BCUT2D eigenvalue weighted by molar-refractivity contribution is 5.94. The molecule has 0 unspecified atom stereocenters. The van der Waals surface area contributed by atoms with E-state index in [1.807, 2.05) is 57.2 Å². The van der Waals surface area contributed by atoms with Crippen molar-refractivity contribution >= 4 is 5.91 Å². The van der Waals surface area contributed by atoms with Crippen molar-refractivity contribution in [3.05, 3.63) is 72.1 Å². The van der Waals surface area contributed by atoms with Crippen LogP contribution in [-0.2, 0) is 0 Å². The zero-order chi connectivity index (χ0) is 20.6. The average molecular weight is 391 g/mol. The Bertz CT molecular complexity index is 921. The average Bonchev–Trinajstić information content (AvgIpc) is 2.72. The number of nitrogens with one attached hydrogen (secondary N) is 1. The van der Waals surface area contributed by atoms with E-state index in [4.69, 9.17) is 9.47 Å². The molecule has 0 fully saturated rings. The molecule has 0 bridgehead atoms.